The van der Waals surface area contributed by atoms with Crippen LogP contribution >= 0.6 is 15.9 Å². The molecule has 0 aliphatic rings. The van der Waals surface area contributed by atoms with E-state index < -0.39 is 10.0 Å². The lowest BCUT2D eigenvalue weighted by molar-refractivity contribution is 0.598. The van der Waals surface area contributed by atoms with Crippen LogP contribution in [-0.4, -0.2) is 18.2 Å². The Bertz CT molecular complexity index is 1030. The fourth-order valence-electron chi connectivity index (χ4n) is 2.24. The van der Waals surface area contributed by atoms with Gasteiger partial charge in [0, 0.05) is 16.1 Å². The Kier molecular flexibility index (Phi) is 4.24. The topological polar surface area (TPSA) is 102 Å². The van der Waals surface area contributed by atoms with Gasteiger partial charge in [0.25, 0.3) is 0 Å². The second-order valence-corrected chi connectivity index (χ2v) is 7.46. The highest BCUT2D eigenvalue weighted by Crippen LogP contribution is 2.26. The lowest BCUT2D eigenvalue weighted by Crippen LogP contribution is -2.12. The SMILES string of the molecule is N#Cc1cc(-c2ccc(Br)cc2)n(-c2ccc(S(N)(=O)=O)cc2)n1. The summed E-state index contributed by atoms with van der Waals surface area (Å²) in [6.07, 6.45) is 0. The van der Waals surface area contributed by atoms with E-state index in [-0.39, 0.29) is 10.6 Å². The molecular formula is C16H11BrN4O2S. The van der Waals surface area contributed by atoms with E-state index in [1.165, 1.54) is 12.1 Å². The van der Waals surface area contributed by atoms with Crippen molar-refractivity contribution in [1.29, 1.82) is 5.26 Å². The summed E-state index contributed by atoms with van der Waals surface area (Å²) < 4.78 is 25.3. The van der Waals surface area contributed by atoms with Gasteiger partial charge in [-0.3, -0.25) is 0 Å². The number of hydrogen-bond acceptors (Lipinski definition) is 4. The van der Waals surface area contributed by atoms with Gasteiger partial charge in [-0.1, -0.05) is 28.1 Å². The molecule has 0 saturated heterocycles. The number of nitriles is 1. The van der Waals surface area contributed by atoms with Crippen molar-refractivity contribution in [2.75, 3.05) is 0 Å². The van der Waals surface area contributed by atoms with E-state index in [4.69, 9.17) is 10.4 Å². The normalized spacial score (nSPS) is 11.2. The molecule has 0 unspecified atom stereocenters. The maximum Gasteiger partial charge on any atom is 0.238 e. The van der Waals surface area contributed by atoms with Crippen LogP contribution in [0.1, 0.15) is 5.69 Å². The van der Waals surface area contributed by atoms with Crippen LogP contribution in [-0.2, 0) is 10.0 Å². The molecule has 6 nitrogen and oxygen atoms in total. The molecule has 24 heavy (non-hydrogen) atoms. The summed E-state index contributed by atoms with van der Waals surface area (Å²) in [6.45, 7) is 0. The van der Waals surface area contributed by atoms with Crippen molar-refractivity contribution in [3.63, 3.8) is 0 Å². The minimum atomic E-state index is -3.76. The average molecular weight is 403 g/mol. The number of nitrogens with zero attached hydrogens (tertiary/aromatic N) is 3. The Morgan fingerprint density at radius 1 is 1.08 bits per heavy atom. The summed E-state index contributed by atoms with van der Waals surface area (Å²) in [5.41, 5.74) is 2.50. The van der Waals surface area contributed by atoms with Gasteiger partial charge in [-0.25, -0.2) is 18.2 Å². The van der Waals surface area contributed by atoms with Crippen LogP contribution in [0, 0.1) is 11.3 Å². The van der Waals surface area contributed by atoms with Crippen molar-refractivity contribution in [2.45, 2.75) is 4.90 Å². The van der Waals surface area contributed by atoms with E-state index in [0.717, 1.165) is 15.7 Å². The van der Waals surface area contributed by atoms with E-state index in [1.807, 2.05) is 30.3 Å². The molecule has 0 fully saturated rings. The number of hydrogen-bond donors (Lipinski definition) is 1. The average Bonchev–Trinajstić information content (AvgIpc) is 2.99. The molecule has 0 atom stereocenters. The molecule has 8 heteroatoms. The number of sulfonamides is 1. The zero-order valence-electron chi connectivity index (χ0n) is 12.2. The lowest BCUT2D eigenvalue weighted by atomic mass is 10.1. The molecule has 0 radical (unpaired) electrons. The second-order valence-electron chi connectivity index (χ2n) is 4.98. The number of aromatic nitrogens is 2. The summed E-state index contributed by atoms with van der Waals surface area (Å²) >= 11 is 3.38. The Labute approximate surface area is 147 Å². The molecule has 2 N–H and O–H groups in total. The number of nitrogens with two attached hydrogens (primary N) is 1. The molecule has 0 bridgehead atoms. The third-order valence-electron chi connectivity index (χ3n) is 3.37. The summed E-state index contributed by atoms with van der Waals surface area (Å²) in [6, 6.07) is 17.3. The minimum absolute atomic E-state index is 0.0177. The van der Waals surface area contributed by atoms with Crippen LogP contribution in [0.25, 0.3) is 16.9 Å². The molecule has 3 aromatic rings. The van der Waals surface area contributed by atoms with Gasteiger partial charge >= 0.3 is 0 Å². The zero-order chi connectivity index (χ0) is 17.3. The van der Waals surface area contributed by atoms with Gasteiger partial charge < -0.3 is 0 Å². The standard InChI is InChI=1S/C16H11BrN4O2S/c17-12-3-1-11(2-4-12)16-9-13(10-18)20-21(16)14-5-7-15(8-6-14)24(19,22)23/h1-9H,(H2,19,22,23). The number of primary sulfonamides is 1. The van der Waals surface area contributed by atoms with Gasteiger partial charge in [-0.2, -0.15) is 10.4 Å². The van der Waals surface area contributed by atoms with Crippen LogP contribution in [0.2, 0.25) is 0 Å². The first-order chi connectivity index (χ1) is 11.4. The highest BCUT2D eigenvalue weighted by atomic mass is 79.9. The van der Waals surface area contributed by atoms with E-state index in [0.29, 0.717) is 5.69 Å². The van der Waals surface area contributed by atoms with Gasteiger partial charge in [0.05, 0.1) is 16.3 Å². The van der Waals surface area contributed by atoms with Crippen molar-refractivity contribution in [2.24, 2.45) is 5.14 Å². The molecule has 2 aromatic carbocycles. The van der Waals surface area contributed by atoms with E-state index in [9.17, 15) is 8.42 Å². The molecule has 0 aliphatic heterocycles. The van der Waals surface area contributed by atoms with Gasteiger partial charge in [0.2, 0.25) is 10.0 Å². The van der Waals surface area contributed by atoms with Crippen LogP contribution in [0.15, 0.2) is 64.0 Å². The monoisotopic (exact) mass is 402 g/mol. The van der Waals surface area contributed by atoms with Gasteiger partial charge in [0.15, 0.2) is 5.69 Å². The predicted octanol–water partition coefficient (Wildman–Crippen LogP) is 2.82. The third kappa shape index (κ3) is 3.23. The first kappa shape index (κ1) is 16.4. The zero-order valence-corrected chi connectivity index (χ0v) is 14.6. The van der Waals surface area contributed by atoms with Crippen molar-refractivity contribution < 1.29 is 8.42 Å². The summed E-state index contributed by atoms with van der Waals surface area (Å²) in [7, 11) is -3.76. The smallest absolute Gasteiger partial charge is 0.232 e. The Balaban J connectivity index is 2.12. The highest BCUT2D eigenvalue weighted by Gasteiger charge is 2.13. The van der Waals surface area contributed by atoms with Gasteiger partial charge in [-0.15, -0.1) is 0 Å². The van der Waals surface area contributed by atoms with Crippen LogP contribution in [0.3, 0.4) is 0 Å². The van der Waals surface area contributed by atoms with E-state index in [2.05, 4.69) is 21.0 Å². The lowest BCUT2D eigenvalue weighted by Gasteiger charge is -2.08. The summed E-state index contributed by atoms with van der Waals surface area (Å²) in [4.78, 5) is 0.0177. The molecule has 1 aromatic heterocycles. The van der Waals surface area contributed by atoms with Crippen molar-refractivity contribution in [3.8, 4) is 23.0 Å². The Morgan fingerprint density at radius 3 is 2.25 bits per heavy atom. The highest BCUT2D eigenvalue weighted by molar-refractivity contribution is 9.10. The number of rotatable bonds is 3. The molecular weight excluding hydrogens is 392 g/mol. The maximum atomic E-state index is 11.4. The van der Waals surface area contributed by atoms with E-state index in [1.54, 1.807) is 22.9 Å². The fourth-order valence-corrected chi connectivity index (χ4v) is 3.02. The molecule has 0 spiro atoms. The Hall–Kier alpha value is -2.47. The van der Waals surface area contributed by atoms with E-state index >= 15 is 0 Å². The van der Waals surface area contributed by atoms with Crippen LogP contribution in [0.5, 0.6) is 0 Å². The van der Waals surface area contributed by atoms with Gasteiger partial charge in [0.1, 0.15) is 6.07 Å². The first-order valence-electron chi connectivity index (χ1n) is 6.78. The second kappa shape index (κ2) is 6.20. The summed E-state index contributed by atoms with van der Waals surface area (Å²) in [5, 5.41) is 18.5. The first-order valence-corrected chi connectivity index (χ1v) is 9.12. The van der Waals surface area contributed by atoms with Crippen molar-refractivity contribution >= 4 is 26.0 Å². The fraction of sp³-hybridized carbons (Fsp3) is 0. The Morgan fingerprint density at radius 2 is 1.71 bits per heavy atom. The van der Waals surface area contributed by atoms with Crippen LogP contribution < -0.4 is 5.14 Å². The van der Waals surface area contributed by atoms with Crippen molar-refractivity contribution in [3.05, 3.63) is 64.8 Å². The molecule has 0 aliphatic carbocycles. The van der Waals surface area contributed by atoms with Crippen molar-refractivity contribution in [1.82, 2.24) is 9.78 Å². The molecule has 120 valence electrons. The predicted molar refractivity (Wildman–Crippen MR) is 92.8 cm³/mol. The third-order valence-corrected chi connectivity index (χ3v) is 4.83. The molecule has 0 saturated carbocycles. The maximum absolute atomic E-state index is 11.4. The minimum Gasteiger partial charge on any atom is -0.232 e. The largest absolute Gasteiger partial charge is 0.238 e. The quantitative estimate of drug-likeness (QED) is 0.727. The number of halogens is 1. The van der Waals surface area contributed by atoms with Crippen LogP contribution in [0.4, 0.5) is 0 Å². The van der Waals surface area contributed by atoms with Gasteiger partial charge in [-0.05, 0) is 36.4 Å². The molecule has 0 amide bonds. The summed E-state index contributed by atoms with van der Waals surface area (Å²) in [5.74, 6) is 0. The molecule has 3 rings (SSSR count). The molecule has 1 heterocycles. The number of benzene rings is 2.